The van der Waals surface area contributed by atoms with E-state index in [2.05, 4.69) is 4.98 Å². The number of benzene rings is 1. The maximum atomic E-state index is 12.8. The zero-order valence-electron chi connectivity index (χ0n) is 14.3. The van der Waals surface area contributed by atoms with Crippen molar-refractivity contribution >= 4 is 16.8 Å². The van der Waals surface area contributed by atoms with Crippen LogP contribution in [-0.4, -0.2) is 29.9 Å². The zero-order valence-corrected chi connectivity index (χ0v) is 14.3. The van der Waals surface area contributed by atoms with Gasteiger partial charge in [-0.3, -0.25) is 9.78 Å². The molecule has 5 nitrogen and oxygen atoms in total. The molecule has 0 aliphatic carbocycles. The van der Waals surface area contributed by atoms with E-state index < -0.39 is 0 Å². The van der Waals surface area contributed by atoms with Gasteiger partial charge < -0.3 is 14.1 Å². The summed E-state index contributed by atoms with van der Waals surface area (Å²) in [5.41, 5.74) is 2.11. The first-order valence-corrected chi connectivity index (χ1v) is 7.74. The van der Waals surface area contributed by atoms with E-state index >= 15 is 0 Å². The van der Waals surface area contributed by atoms with Gasteiger partial charge in [0.25, 0.3) is 5.91 Å². The van der Waals surface area contributed by atoms with Crippen molar-refractivity contribution in [1.82, 2.24) is 9.88 Å². The molecular weight excluding hydrogens is 304 g/mol. The maximum Gasteiger partial charge on any atom is 0.255 e. The number of aromatic nitrogens is 1. The minimum absolute atomic E-state index is 0.0771. The molecule has 0 aliphatic rings. The number of ether oxygens (including phenoxy) is 1. The first-order valence-electron chi connectivity index (χ1n) is 7.74. The molecule has 1 amide bonds. The Bertz CT molecular complexity index is 899. The molecule has 0 aliphatic heterocycles. The van der Waals surface area contributed by atoms with Crippen LogP contribution in [0.5, 0.6) is 5.75 Å². The molecule has 2 aromatic heterocycles. The number of aryl methyl sites for hydroxylation is 2. The van der Waals surface area contributed by atoms with Gasteiger partial charge in [0.15, 0.2) is 0 Å². The molecule has 3 rings (SSSR count). The van der Waals surface area contributed by atoms with Crippen LogP contribution < -0.4 is 4.74 Å². The summed E-state index contributed by atoms with van der Waals surface area (Å²) >= 11 is 0. The Morgan fingerprint density at radius 2 is 2.00 bits per heavy atom. The van der Waals surface area contributed by atoms with Crippen molar-refractivity contribution in [2.24, 2.45) is 0 Å². The van der Waals surface area contributed by atoms with Crippen LogP contribution in [0.15, 0.2) is 40.8 Å². The zero-order chi connectivity index (χ0) is 17.3. The number of fused-ring (bicyclic) bond motifs is 1. The monoisotopic (exact) mass is 324 g/mol. The molecule has 0 atom stereocenters. The molecule has 0 N–H and O–H groups in total. The lowest BCUT2D eigenvalue weighted by Gasteiger charge is -2.17. The third kappa shape index (κ3) is 3.11. The van der Waals surface area contributed by atoms with Gasteiger partial charge in [0.1, 0.15) is 17.3 Å². The lowest BCUT2D eigenvalue weighted by molar-refractivity contribution is 0.0774. The summed E-state index contributed by atoms with van der Waals surface area (Å²) in [6, 6.07) is 11.3. The number of rotatable bonds is 4. The van der Waals surface area contributed by atoms with Gasteiger partial charge in [-0.15, -0.1) is 0 Å². The molecule has 1 aromatic carbocycles. The van der Waals surface area contributed by atoms with Gasteiger partial charge in [0.2, 0.25) is 0 Å². The first kappa shape index (κ1) is 16.1. The minimum atomic E-state index is -0.0771. The quantitative estimate of drug-likeness (QED) is 0.734. The second-order valence-corrected chi connectivity index (χ2v) is 5.85. The smallest absolute Gasteiger partial charge is 0.255 e. The number of methoxy groups -OCH3 is 1. The molecule has 0 radical (unpaired) electrons. The number of furan rings is 1. The van der Waals surface area contributed by atoms with Crippen molar-refractivity contribution < 1.29 is 13.9 Å². The summed E-state index contributed by atoms with van der Waals surface area (Å²) < 4.78 is 10.8. The largest absolute Gasteiger partial charge is 0.497 e. The predicted octanol–water partition coefficient (Wildman–Crippen LogP) is 3.73. The van der Waals surface area contributed by atoms with Gasteiger partial charge in [0, 0.05) is 18.5 Å². The van der Waals surface area contributed by atoms with E-state index in [9.17, 15) is 4.79 Å². The van der Waals surface area contributed by atoms with E-state index in [1.807, 2.05) is 50.2 Å². The van der Waals surface area contributed by atoms with Crippen molar-refractivity contribution in [3.8, 4) is 5.75 Å². The standard InChI is InChI=1S/C19H20N2O3/c1-12-5-7-16(24-12)11-21(3)19(22)17-9-14-6-8-15(23-4)10-18(14)20-13(17)2/h5-10H,11H2,1-4H3. The summed E-state index contributed by atoms with van der Waals surface area (Å²) in [5, 5.41) is 0.909. The highest BCUT2D eigenvalue weighted by Crippen LogP contribution is 2.22. The highest BCUT2D eigenvalue weighted by atomic mass is 16.5. The number of nitrogens with zero attached hydrogens (tertiary/aromatic N) is 2. The normalized spacial score (nSPS) is 10.8. The Balaban J connectivity index is 1.89. The van der Waals surface area contributed by atoms with Crippen LogP contribution in [0.4, 0.5) is 0 Å². The molecule has 0 bridgehead atoms. The minimum Gasteiger partial charge on any atom is -0.497 e. The van der Waals surface area contributed by atoms with E-state index in [0.29, 0.717) is 17.8 Å². The number of carbonyl (C=O) groups excluding carboxylic acids is 1. The molecule has 0 fully saturated rings. The molecule has 0 saturated heterocycles. The fourth-order valence-corrected chi connectivity index (χ4v) is 2.67. The Kier molecular flexibility index (Phi) is 4.25. The molecule has 0 spiro atoms. The highest BCUT2D eigenvalue weighted by Gasteiger charge is 2.17. The van der Waals surface area contributed by atoms with Crippen LogP contribution in [-0.2, 0) is 6.54 Å². The average Bonchev–Trinajstić information content (AvgIpc) is 2.97. The molecule has 3 aromatic rings. The van der Waals surface area contributed by atoms with Crippen molar-refractivity contribution in [3.63, 3.8) is 0 Å². The van der Waals surface area contributed by atoms with Crippen LogP contribution >= 0.6 is 0 Å². The van der Waals surface area contributed by atoms with E-state index in [-0.39, 0.29) is 5.91 Å². The Morgan fingerprint density at radius 3 is 2.67 bits per heavy atom. The van der Waals surface area contributed by atoms with E-state index in [1.165, 1.54) is 0 Å². The molecule has 124 valence electrons. The van der Waals surface area contributed by atoms with E-state index in [4.69, 9.17) is 9.15 Å². The van der Waals surface area contributed by atoms with Crippen molar-refractivity contribution in [3.05, 3.63) is 59.2 Å². The van der Waals surface area contributed by atoms with Gasteiger partial charge in [-0.05, 0) is 44.2 Å². The molecule has 0 unspecified atom stereocenters. The fourth-order valence-electron chi connectivity index (χ4n) is 2.67. The number of hydrogen-bond acceptors (Lipinski definition) is 4. The van der Waals surface area contributed by atoms with Gasteiger partial charge in [-0.2, -0.15) is 0 Å². The van der Waals surface area contributed by atoms with Crippen LogP contribution in [0, 0.1) is 13.8 Å². The molecule has 24 heavy (non-hydrogen) atoms. The fraction of sp³-hybridized carbons (Fsp3) is 0.263. The van der Waals surface area contributed by atoms with Crippen LogP contribution in [0.2, 0.25) is 0 Å². The topological polar surface area (TPSA) is 55.6 Å². The van der Waals surface area contributed by atoms with Gasteiger partial charge in [-0.25, -0.2) is 0 Å². The summed E-state index contributed by atoms with van der Waals surface area (Å²) in [6.45, 7) is 4.15. The lowest BCUT2D eigenvalue weighted by Crippen LogP contribution is -2.27. The van der Waals surface area contributed by atoms with E-state index in [0.717, 1.165) is 28.2 Å². The first-order chi connectivity index (χ1) is 11.5. The second kappa shape index (κ2) is 6.35. The lowest BCUT2D eigenvalue weighted by atomic mass is 10.1. The number of pyridine rings is 1. The Hall–Kier alpha value is -2.82. The maximum absolute atomic E-state index is 12.8. The number of hydrogen-bond donors (Lipinski definition) is 0. The van der Waals surface area contributed by atoms with Crippen LogP contribution in [0.1, 0.15) is 27.6 Å². The van der Waals surface area contributed by atoms with Gasteiger partial charge in [0.05, 0.1) is 30.4 Å². The molecule has 5 heteroatoms. The third-order valence-electron chi connectivity index (χ3n) is 3.98. The van der Waals surface area contributed by atoms with Crippen molar-refractivity contribution in [2.45, 2.75) is 20.4 Å². The average molecular weight is 324 g/mol. The second-order valence-electron chi connectivity index (χ2n) is 5.85. The predicted molar refractivity (Wildman–Crippen MR) is 92.3 cm³/mol. The summed E-state index contributed by atoms with van der Waals surface area (Å²) in [5.74, 6) is 2.27. The van der Waals surface area contributed by atoms with Crippen LogP contribution in [0.3, 0.4) is 0 Å². The Morgan fingerprint density at radius 1 is 1.21 bits per heavy atom. The Labute approximate surface area is 140 Å². The number of carbonyl (C=O) groups is 1. The van der Waals surface area contributed by atoms with Crippen molar-refractivity contribution in [2.75, 3.05) is 14.2 Å². The molecule has 2 heterocycles. The number of amides is 1. The highest BCUT2D eigenvalue weighted by molar-refractivity contribution is 5.98. The van der Waals surface area contributed by atoms with Gasteiger partial charge >= 0.3 is 0 Å². The third-order valence-corrected chi connectivity index (χ3v) is 3.98. The van der Waals surface area contributed by atoms with E-state index in [1.54, 1.807) is 19.1 Å². The SMILES string of the molecule is COc1ccc2cc(C(=O)N(C)Cc3ccc(C)o3)c(C)nc2c1. The summed E-state index contributed by atoms with van der Waals surface area (Å²) in [4.78, 5) is 18.9. The van der Waals surface area contributed by atoms with Crippen molar-refractivity contribution in [1.29, 1.82) is 0 Å². The molecular formula is C19H20N2O3. The summed E-state index contributed by atoms with van der Waals surface area (Å²) in [7, 11) is 3.38. The van der Waals surface area contributed by atoms with Gasteiger partial charge in [-0.1, -0.05) is 0 Å². The molecule has 0 saturated carbocycles. The van der Waals surface area contributed by atoms with Crippen LogP contribution in [0.25, 0.3) is 10.9 Å². The summed E-state index contributed by atoms with van der Waals surface area (Å²) in [6.07, 6.45) is 0.